The third-order valence-corrected chi connectivity index (χ3v) is 4.18. The highest BCUT2D eigenvalue weighted by Crippen LogP contribution is 2.11. The van der Waals surface area contributed by atoms with Crippen molar-refractivity contribution in [2.45, 2.75) is 20.0 Å². The lowest BCUT2D eigenvalue weighted by Gasteiger charge is -2.11. The number of amides is 1. The number of carbonyl (C=O) groups is 2. The quantitative estimate of drug-likeness (QED) is 0.697. The predicted molar refractivity (Wildman–Crippen MR) is 100 cm³/mol. The third kappa shape index (κ3) is 4.03. The van der Waals surface area contributed by atoms with Gasteiger partial charge in [-0.15, -0.1) is 0 Å². The second-order valence-electron chi connectivity index (χ2n) is 6.11. The van der Waals surface area contributed by atoms with Crippen LogP contribution in [-0.2, 0) is 22.6 Å². The summed E-state index contributed by atoms with van der Waals surface area (Å²) in [6.07, 6.45) is 1.52. The molecule has 2 aromatic heterocycles. The fourth-order valence-corrected chi connectivity index (χ4v) is 2.69. The van der Waals surface area contributed by atoms with Gasteiger partial charge in [-0.3, -0.25) is 19.0 Å². The van der Waals surface area contributed by atoms with E-state index in [1.54, 1.807) is 12.1 Å². The minimum absolute atomic E-state index is 0.0495. The van der Waals surface area contributed by atoms with Gasteiger partial charge in [-0.1, -0.05) is 29.8 Å². The van der Waals surface area contributed by atoms with Gasteiger partial charge >= 0.3 is 5.97 Å². The Morgan fingerprint density at radius 3 is 2.63 bits per heavy atom. The van der Waals surface area contributed by atoms with Crippen molar-refractivity contribution in [2.75, 3.05) is 7.11 Å². The number of hydrogen-bond donors (Lipinski definition) is 1. The van der Waals surface area contributed by atoms with Gasteiger partial charge in [-0.2, -0.15) is 0 Å². The summed E-state index contributed by atoms with van der Waals surface area (Å²) < 4.78 is 5.80. The number of rotatable bonds is 5. The first kappa shape index (κ1) is 18.3. The number of nitrogens with zero attached hydrogens (tertiary/aromatic N) is 2. The number of esters is 1. The fourth-order valence-electron chi connectivity index (χ4n) is 2.69. The molecule has 3 aromatic rings. The van der Waals surface area contributed by atoms with E-state index >= 15 is 0 Å². The van der Waals surface area contributed by atoms with Gasteiger partial charge in [-0.25, -0.2) is 4.98 Å². The average Bonchev–Trinajstić information content (AvgIpc) is 2.69. The predicted octanol–water partition coefficient (Wildman–Crippen LogP) is 1.81. The molecule has 27 heavy (non-hydrogen) atoms. The van der Waals surface area contributed by atoms with Gasteiger partial charge in [0, 0.05) is 18.1 Å². The fraction of sp³-hybridized carbons (Fsp3) is 0.200. The molecule has 1 aromatic carbocycles. The van der Waals surface area contributed by atoms with E-state index in [1.165, 1.54) is 19.4 Å². The molecule has 138 valence electrons. The maximum absolute atomic E-state index is 12.8. The number of aryl methyl sites for hydroxylation is 1. The smallest absolute Gasteiger partial charge is 0.325 e. The van der Waals surface area contributed by atoms with E-state index in [-0.39, 0.29) is 12.1 Å². The van der Waals surface area contributed by atoms with Gasteiger partial charge in [0.25, 0.3) is 11.5 Å². The molecule has 1 N–H and O–H groups in total. The zero-order valence-electron chi connectivity index (χ0n) is 15.1. The summed E-state index contributed by atoms with van der Waals surface area (Å²) in [6.45, 7) is 1.96. The van der Waals surface area contributed by atoms with Crippen molar-refractivity contribution >= 4 is 22.9 Å². The van der Waals surface area contributed by atoms with E-state index in [9.17, 15) is 14.4 Å². The number of methoxy groups -OCH3 is 1. The number of fused-ring (bicyclic) bond motifs is 1. The summed E-state index contributed by atoms with van der Waals surface area (Å²) in [5.41, 5.74) is 1.73. The van der Waals surface area contributed by atoms with Crippen molar-refractivity contribution in [3.63, 3.8) is 0 Å². The Labute approximate surface area is 155 Å². The molecular formula is C20H19N3O4. The van der Waals surface area contributed by atoms with Crippen LogP contribution in [0.15, 0.2) is 53.5 Å². The number of aromatic nitrogens is 2. The minimum Gasteiger partial charge on any atom is -0.468 e. The first-order chi connectivity index (χ1) is 13.0. The van der Waals surface area contributed by atoms with Crippen LogP contribution in [0.5, 0.6) is 0 Å². The second-order valence-corrected chi connectivity index (χ2v) is 6.11. The number of carbonyl (C=O) groups excluding carboxylic acids is 2. The van der Waals surface area contributed by atoms with E-state index < -0.39 is 17.4 Å². The zero-order chi connectivity index (χ0) is 19.4. The number of pyridine rings is 2. The molecule has 3 rings (SSSR count). The molecule has 0 aliphatic rings. The van der Waals surface area contributed by atoms with Crippen molar-refractivity contribution in [1.29, 1.82) is 0 Å². The lowest BCUT2D eigenvalue weighted by molar-refractivity contribution is -0.141. The highest BCUT2D eigenvalue weighted by atomic mass is 16.5. The zero-order valence-corrected chi connectivity index (χ0v) is 15.1. The van der Waals surface area contributed by atoms with Gasteiger partial charge in [0.1, 0.15) is 17.8 Å². The number of nitrogens with one attached hydrogen (secondary N) is 1. The Hall–Kier alpha value is -3.48. The van der Waals surface area contributed by atoms with Crippen LogP contribution in [0.2, 0.25) is 0 Å². The average molecular weight is 365 g/mol. The molecule has 0 fully saturated rings. The van der Waals surface area contributed by atoms with Gasteiger partial charge in [0.15, 0.2) is 0 Å². The topological polar surface area (TPSA) is 90.3 Å². The Balaban J connectivity index is 1.94. The maximum atomic E-state index is 12.8. The van der Waals surface area contributed by atoms with E-state index in [2.05, 4.69) is 15.0 Å². The molecule has 2 heterocycles. The summed E-state index contributed by atoms with van der Waals surface area (Å²) in [5, 5.41) is 3.33. The molecule has 0 spiro atoms. The minimum atomic E-state index is -0.596. The third-order valence-electron chi connectivity index (χ3n) is 4.18. The Morgan fingerprint density at radius 1 is 1.19 bits per heavy atom. The SMILES string of the molecule is COC(=O)Cn1c(=O)c(C(=O)NCc2ccc(C)cc2)cc2cccnc21. The van der Waals surface area contributed by atoms with Crippen LogP contribution in [0.25, 0.3) is 11.0 Å². The van der Waals surface area contributed by atoms with Crippen molar-refractivity contribution in [1.82, 2.24) is 14.9 Å². The lowest BCUT2D eigenvalue weighted by Crippen LogP contribution is -2.34. The maximum Gasteiger partial charge on any atom is 0.325 e. The van der Waals surface area contributed by atoms with Crippen LogP contribution in [0.4, 0.5) is 0 Å². The molecule has 0 saturated carbocycles. The van der Waals surface area contributed by atoms with Crippen LogP contribution < -0.4 is 10.9 Å². The Morgan fingerprint density at radius 2 is 1.93 bits per heavy atom. The van der Waals surface area contributed by atoms with E-state index in [0.29, 0.717) is 17.6 Å². The standard InChI is InChI=1S/C20H19N3O4/c1-13-5-7-14(8-6-13)11-22-19(25)16-10-15-4-3-9-21-18(15)23(20(16)26)12-17(24)27-2/h3-10H,11-12H2,1-2H3,(H,22,25). The lowest BCUT2D eigenvalue weighted by atomic mass is 10.1. The molecule has 0 radical (unpaired) electrons. The van der Waals surface area contributed by atoms with E-state index in [4.69, 9.17) is 0 Å². The molecular weight excluding hydrogens is 346 g/mol. The van der Waals surface area contributed by atoms with Crippen molar-refractivity contribution in [2.24, 2.45) is 0 Å². The highest BCUT2D eigenvalue weighted by molar-refractivity contribution is 5.97. The Kier molecular flexibility index (Phi) is 5.30. The van der Waals surface area contributed by atoms with Gasteiger partial charge in [-0.05, 0) is 30.7 Å². The number of benzene rings is 1. The number of ether oxygens (including phenoxy) is 1. The first-order valence-electron chi connectivity index (χ1n) is 8.38. The molecule has 7 heteroatoms. The molecule has 0 atom stereocenters. The molecule has 0 bridgehead atoms. The monoisotopic (exact) mass is 365 g/mol. The molecule has 0 saturated heterocycles. The number of hydrogen-bond acceptors (Lipinski definition) is 5. The summed E-state index contributed by atoms with van der Waals surface area (Å²) in [5.74, 6) is -1.11. The van der Waals surface area contributed by atoms with E-state index in [0.717, 1.165) is 15.7 Å². The van der Waals surface area contributed by atoms with Crippen molar-refractivity contribution in [3.05, 3.63) is 75.7 Å². The molecule has 0 unspecified atom stereocenters. The second kappa shape index (κ2) is 7.82. The highest BCUT2D eigenvalue weighted by Gasteiger charge is 2.18. The summed E-state index contributed by atoms with van der Waals surface area (Å²) in [7, 11) is 1.24. The van der Waals surface area contributed by atoms with Crippen LogP contribution >= 0.6 is 0 Å². The first-order valence-corrected chi connectivity index (χ1v) is 8.38. The van der Waals surface area contributed by atoms with Gasteiger partial charge < -0.3 is 10.1 Å². The van der Waals surface area contributed by atoms with Crippen LogP contribution in [0, 0.1) is 6.92 Å². The van der Waals surface area contributed by atoms with Crippen LogP contribution in [0.3, 0.4) is 0 Å². The normalized spacial score (nSPS) is 10.6. The van der Waals surface area contributed by atoms with Gasteiger partial charge in [0.05, 0.1) is 7.11 Å². The van der Waals surface area contributed by atoms with Crippen LogP contribution in [0.1, 0.15) is 21.5 Å². The Bertz CT molecular complexity index is 1060. The van der Waals surface area contributed by atoms with Gasteiger partial charge in [0.2, 0.25) is 0 Å². The molecule has 0 aliphatic carbocycles. The van der Waals surface area contributed by atoms with E-state index in [1.807, 2.05) is 31.2 Å². The summed E-state index contributed by atoms with van der Waals surface area (Å²) >= 11 is 0. The molecule has 1 amide bonds. The molecule has 0 aliphatic heterocycles. The van der Waals surface area contributed by atoms with Crippen LogP contribution in [-0.4, -0.2) is 28.5 Å². The van der Waals surface area contributed by atoms with Crippen molar-refractivity contribution < 1.29 is 14.3 Å². The van der Waals surface area contributed by atoms with Crippen molar-refractivity contribution in [3.8, 4) is 0 Å². The summed E-state index contributed by atoms with van der Waals surface area (Å²) in [4.78, 5) is 41.2. The summed E-state index contributed by atoms with van der Waals surface area (Å²) in [6, 6.07) is 12.6. The largest absolute Gasteiger partial charge is 0.468 e. The molecule has 7 nitrogen and oxygen atoms in total.